The van der Waals surface area contributed by atoms with Gasteiger partial charge in [-0.3, -0.25) is 0 Å². The molecule has 0 amide bonds. The molecule has 0 aliphatic rings. The summed E-state index contributed by atoms with van der Waals surface area (Å²) in [6, 6.07) is 99.3. The van der Waals surface area contributed by atoms with E-state index in [-0.39, 0.29) is 54.1 Å². The maximum atomic E-state index is 6.63. The first-order valence-electron chi connectivity index (χ1n) is 47.6. The molecule has 2 heteroatoms. The molecule has 0 unspecified atom stereocenters. The standard InChI is InChI=1S/C128H142O2/c1-75-115-71-103(73-117(75)129-33)101-45-87(55-109(69-101)123(15,16)17)81-37-77-35-78(38-81)84-42-90(58-106(52-84)120(6,7)8)94-48-98(66-112(62-94)126(24,25)26)100-50-96(64-114(68-100)128(30,31)32)92-44-86(54-108(60-92)122(12,13)14)80-36-79(39-82(40-80)88-46-102(70-110(56-88)124(18,19)20)104-72-116(115)76(2)118(74-104)130-34)85-43-91(59-107(53-85)121(9,10)11)95-49-99(67-113(63-95)127(27,28)29)97-47-93(61-111(65-97)125(21,22)23)89-41-83(77)51-105(57-89)119(3,4)5/h35-74H,1-34H3. The van der Waals surface area contributed by atoms with E-state index in [2.05, 4.69) is 464 Å². The molecular weight excluding hydrogens is 1570 g/mol. The van der Waals surface area contributed by atoms with Gasteiger partial charge in [0.05, 0.1) is 14.2 Å². The molecule has 666 valence electrons. The third kappa shape index (κ3) is 18.7. The fourth-order valence-electron chi connectivity index (χ4n) is 18.9. The number of aryl methyl sites for hydroxylation is 2. The summed E-state index contributed by atoms with van der Waals surface area (Å²) in [7, 11) is 3.66. The average molecular weight is 1710 g/mol. The lowest BCUT2D eigenvalue weighted by Gasteiger charge is -2.22. The zero-order valence-corrected chi connectivity index (χ0v) is 84.9. The molecule has 0 aromatic heterocycles. The van der Waals surface area contributed by atoms with Crippen LogP contribution >= 0.6 is 0 Å². The molecule has 130 heavy (non-hydrogen) atoms. The Morgan fingerprint density at radius 1 is 0.123 bits per heavy atom. The van der Waals surface area contributed by atoms with Crippen molar-refractivity contribution >= 4 is 162 Å². The van der Waals surface area contributed by atoms with Crippen LogP contribution in [0.5, 0.6) is 11.5 Å². The first kappa shape index (κ1) is 92.0. The molecule has 17 aromatic carbocycles. The molecule has 17 aromatic rings. The molecule has 0 radical (unpaired) electrons. The van der Waals surface area contributed by atoms with E-state index in [1.165, 1.54) is 142 Å². The SMILES string of the molecule is COc1cc2cc(c1C)c1cc(cc(OC)c1C)c1cc(C(C)(C)C)cc(c1)c1cc3cc(c1)c1cc(C(C)(C)C)cc(c1)c1cc(C(C)(C)C)cc(c1)c1cc(C(C)(C)C)cc(c1)c1cc(C(C)(C)C)cc(c1)c1cc(cc(c1)c1cc(C(C)(C)C)cc2c1)c1cc(C(C)(C)C)cc(c1)c1cc(C(C)(C)C)cc(c1)c1cc(C(C)(C)C)cc(c1)c1cc(C(C)(C)C)cc3c1. The van der Waals surface area contributed by atoms with Crippen LogP contribution in [-0.4, -0.2) is 14.2 Å². The Labute approximate surface area is 776 Å². The Hall–Kier alpha value is -11.3. The number of methoxy groups -OCH3 is 2. The minimum atomic E-state index is -0.253. The van der Waals surface area contributed by atoms with Crippen molar-refractivity contribution < 1.29 is 9.47 Å². The van der Waals surface area contributed by atoms with Crippen molar-refractivity contribution in [3.63, 3.8) is 0 Å². The quantitative estimate of drug-likeness (QED) is 0.172. The van der Waals surface area contributed by atoms with Crippen molar-refractivity contribution in [3.8, 4) is 11.5 Å². The monoisotopic (exact) mass is 1710 g/mol. The van der Waals surface area contributed by atoms with Gasteiger partial charge in [-0.2, -0.15) is 0 Å². The molecule has 0 heterocycles. The van der Waals surface area contributed by atoms with E-state index in [9.17, 15) is 0 Å². The lowest BCUT2D eigenvalue weighted by atomic mass is 9.82. The zero-order chi connectivity index (χ0) is 94.1. The van der Waals surface area contributed by atoms with Gasteiger partial charge in [-0.15, -0.1) is 0 Å². The van der Waals surface area contributed by atoms with E-state index in [0.717, 1.165) is 98.0 Å². The molecular formula is C128H142O2. The van der Waals surface area contributed by atoms with Crippen molar-refractivity contribution in [3.05, 3.63) is 309 Å². The smallest absolute Gasteiger partial charge is 0.123 e. The maximum Gasteiger partial charge on any atom is 0.123 e. The molecule has 0 saturated heterocycles. The van der Waals surface area contributed by atoms with Crippen LogP contribution in [0.4, 0.5) is 0 Å². The van der Waals surface area contributed by atoms with Crippen molar-refractivity contribution in [2.75, 3.05) is 14.2 Å². The van der Waals surface area contributed by atoms with Crippen LogP contribution in [0, 0.1) is 13.8 Å². The largest absolute Gasteiger partial charge is 0.496 e. The molecule has 0 aliphatic heterocycles. The van der Waals surface area contributed by atoms with Gasteiger partial charge in [-0.05, 0) is 418 Å². The average Bonchev–Trinajstić information content (AvgIpc) is 0.769. The van der Waals surface area contributed by atoms with Gasteiger partial charge in [-0.1, -0.05) is 329 Å². The molecule has 30 bridgehead atoms. The van der Waals surface area contributed by atoms with Gasteiger partial charge in [0.25, 0.3) is 0 Å². The molecule has 0 aliphatic carbocycles. The molecule has 0 fully saturated rings. The van der Waals surface area contributed by atoms with Crippen LogP contribution in [0.1, 0.15) is 274 Å². The van der Waals surface area contributed by atoms with Gasteiger partial charge in [0.1, 0.15) is 11.5 Å². The fraction of sp³-hybridized carbons (Fsp3) is 0.344. The summed E-state index contributed by atoms with van der Waals surface area (Å²) in [5.74, 6) is 1.64. The van der Waals surface area contributed by atoms with Crippen LogP contribution < -0.4 is 9.47 Å². The topological polar surface area (TPSA) is 18.5 Å². The summed E-state index contributed by atoms with van der Waals surface area (Å²) in [5.41, 5.74) is 12.6. The fourth-order valence-corrected chi connectivity index (χ4v) is 18.9. The van der Waals surface area contributed by atoms with Crippen LogP contribution in [-0.2, 0) is 54.1 Å². The molecule has 0 atom stereocenters. The summed E-state index contributed by atoms with van der Waals surface area (Å²) in [4.78, 5) is 0. The van der Waals surface area contributed by atoms with Crippen LogP contribution in [0.3, 0.4) is 0 Å². The van der Waals surface area contributed by atoms with Gasteiger partial charge in [0, 0.05) is 0 Å². The van der Waals surface area contributed by atoms with Gasteiger partial charge < -0.3 is 9.47 Å². The lowest BCUT2D eigenvalue weighted by Crippen LogP contribution is -2.12. The number of hydrogen-bond donors (Lipinski definition) is 0. The summed E-state index contributed by atoms with van der Waals surface area (Å²) in [6.45, 7) is 75.8. The molecule has 0 N–H and O–H groups in total. The molecule has 0 saturated carbocycles. The second-order valence-corrected chi connectivity index (χ2v) is 48.8. The van der Waals surface area contributed by atoms with E-state index in [4.69, 9.17) is 9.47 Å². The van der Waals surface area contributed by atoms with Gasteiger partial charge in [0.15, 0.2) is 0 Å². The van der Waals surface area contributed by atoms with Crippen molar-refractivity contribution in [2.24, 2.45) is 0 Å². The van der Waals surface area contributed by atoms with E-state index in [0.29, 0.717) is 0 Å². The highest BCUT2D eigenvalue weighted by molar-refractivity contribution is 6.11. The van der Waals surface area contributed by atoms with Gasteiger partial charge >= 0.3 is 0 Å². The van der Waals surface area contributed by atoms with Gasteiger partial charge in [-0.25, -0.2) is 0 Å². The highest BCUT2D eigenvalue weighted by Crippen LogP contribution is 2.45. The number of rotatable bonds is 2. The predicted molar refractivity (Wildman–Crippen MR) is 578 cm³/mol. The highest BCUT2D eigenvalue weighted by atomic mass is 16.5. The summed E-state index contributed by atoms with van der Waals surface area (Å²) in [6.07, 6.45) is 0. The Bertz CT molecular complexity index is 7020. The predicted octanol–water partition coefficient (Wildman–Crippen LogP) is 37.7. The van der Waals surface area contributed by atoms with E-state index in [1.54, 1.807) is 0 Å². The van der Waals surface area contributed by atoms with E-state index >= 15 is 0 Å². The normalized spacial score (nSPS) is 13.2. The second kappa shape index (κ2) is 32.3. The Balaban J connectivity index is 1.30. The summed E-state index contributed by atoms with van der Waals surface area (Å²) >= 11 is 0. The third-order valence-electron chi connectivity index (χ3n) is 28.0. The van der Waals surface area contributed by atoms with Gasteiger partial charge in [0.2, 0.25) is 0 Å². The van der Waals surface area contributed by atoms with Crippen LogP contribution in [0.2, 0.25) is 0 Å². The first-order chi connectivity index (χ1) is 60.3. The summed E-state index contributed by atoms with van der Waals surface area (Å²) < 4.78 is 13.3. The number of benzene rings is 14. The summed E-state index contributed by atoms with van der Waals surface area (Å²) in [5, 5.41) is 34.6. The second-order valence-electron chi connectivity index (χ2n) is 48.8. The molecule has 0 spiro atoms. The zero-order valence-electron chi connectivity index (χ0n) is 84.9. The van der Waals surface area contributed by atoms with Crippen LogP contribution in [0.25, 0.3) is 162 Å². The highest BCUT2D eigenvalue weighted by Gasteiger charge is 2.27. The van der Waals surface area contributed by atoms with Crippen molar-refractivity contribution in [1.82, 2.24) is 0 Å². The minimum Gasteiger partial charge on any atom is -0.496 e. The number of ether oxygens (including phenoxy) is 2. The van der Waals surface area contributed by atoms with E-state index in [1.807, 2.05) is 14.2 Å². The molecule has 2 nitrogen and oxygen atoms in total. The van der Waals surface area contributed by atoms with E-state index < -0.39 is 0 Å². The Morgan fingerprint density at radius 2 is 0.208 bits per heavy atom. The number of hydrogen-bond acceptors (Lipinski definition) is 2. The first-order valence-corrected chi connectivity index (χ1v) is 47.6. The maximum absolute atomic E-state index is 6.63. The molecule has 17 rings (SSSR count). The van der Waals surface area contributed by atoms with Crippen LogP contribution in [0.15, 0.2) is 243 Å². The lowest BCUT2D eigenvalue weighted by molar-refractivity contribution is 0.412. The van der Waals surface area contributed by atoms with Crippen molar-refractivity contribution in [1.29, 1.82) is 0 Å². The Kier molecular flexibility index (Phi) is 22.9. The minimum absolute atomic E-state index is 0.204. The third-order valence-corrected chi connectivity index (χ3v) is 28.0. The van der Waals surface area contributed by atoms with Crippen molar-refractivity contribution in [2.45, 2.75) is 276 Å². The Morgan fingerprint density at radius 3 is 0.292 bits per heavy atom.